The minimum absolute atomic E-state index is 0.0484. The van der Waals surface area contributed by atoms with Gasteiger partial charge in [-0.1, -0.05) is 18.2 Å². The van der Waals surface area contributed by atoms with E-state index in [1.807, 2.05) is 0 Å². The Hall–Kier alpha value is -3.43. The predicted octanol–water partition coefficient (Wildman–Crippen LogP) is 2.79. The van der Waals surface area contributed by atoms with Crippen LogP contribution in [-0.2, 0) is 17.4 Å². The number of nitro benzene ring substituents is 1. The first kappa shape index (κ1) is 21.9. The highest BCUT2D eigenvalue weighted by Gasteiger charge is 2.32. The number of aromatic carboxylic acids is 1. The minimum Gasteiger partial charge on any atom is -0.545 e. The average molecular weight is 409 g/mol. The summed E-state index contributed by atoms with van der Waals surface area (Å²) in [6, 6.07) is 6.95. The maximum atomic E-state index is 13.0. The van der Waals surface area contributed by atoms with Crippen molar-refractivity contribution in [2.24, 2.45) is 0 Å². The van der Waals surface area contributed by atoms with E-state index in [4.69, 9.17) is 0 Å². The molecule has 0 fully saturated rings. The summed E-state index contributed by atoms with van der Waals surface area (Å²) in [7, 11) is 0. The van der Waals surface area contributed by atoms with Crippen molar-refractivity contribution in [1.82, 2.24) is 5.32 Å². The van der Waals surface area contributed by atoms with Crippen molar-refractivity contribution in [1.29, 1.82) is 0 Å². The highest BCUT2D eigenvalue weighted by Crippen LogP contribution is 2.32. The number of benzene rings is 2. The lowest BCUT2D eigenvalue weighted by Gasteiger charge is -2.17. The fourth-order valence-electron chi connectivity index (χ4n) is 2.85. The van der Waals surface area contributed by atoms with Crippen LogP contribution in [0.15, 0.2) is 42.5 Å². The van der Waals surface area contributed by atoms with Gasteiger partial charge in [0.05, 0.1) is 28.1 Å². The molecule has 29 heavy (non-hydrogen) atoms. The molecule has 7 nitrogen and oxygen atoms in total. The summed E-state index contributed by atoms with van der Waals surface area (Å²) in [6.45, 7) is 1.41. The fourth-order valence-corrected chi connectivity index (χ4v) is 2.85. The van der Waals surface area contributed by atoms with Gasteiger partial charge in [-0.15, -0.1) is 0 Å². The highest BCUT2D eigenvalue weighted by atomic mass is 19.4. The normalized spacial score (nSPS) is 12.3. The van der Waals surface area contributed by atoms with Crippen LogP contribution >= 0.6 is 0 Å². The van der Waals surface area contributed by atoms with E-state index in [-0.39, 0.29) is 29.5 Å². The van der Waals surface area contributed by atoms with Gasteiger partial charge < -0.3 is 15.2 Å². The quantitative estimate of drug-likeness (QED) is 0.558. The number of nitrogens with zero attached hydrogens (tertiary/aromatic N) is 1. The Balaban J connectivity index is 2.13. The van der Waals surface area contributed by atoms with Crippen molar-refractivity contribution in [3.05, 3.63) is 74.8 Å². The Labute approximate surface area is 163 Å². The molecule has 1 amide bonds. The van der Waals surface area contributed by atoms with Gasteiger partial charge in [-0.05, 0) is 42.7 Å². The second-order valence-corrected chi connectivity index (χ2v) is 6.26. The van der Waals surface area contributed by atoms with Crippen LogP contribution in [0.5, 0.6) is 0 Å². The maximum Gasteiger partial charge on any atom is 0.416 e. The summed E-state index contributed by atoms with van der Waals surface area (Å²) in [5.74, 6) is -2.17. The molecule has 0 aliphatic heterocycles. The van der Waals surface area contributed by atoms with Gasteiger partial charge in [0.2, 0.25) is 5.91 Å². The van der Waals surface area contributed by atoms with Gasteiger partial charge in [0.25, 0.3) is 5.69 Å². The van der Waals surface area contributed by atoms with Gasteiger partial charge in [-0.2, -0.15) is 13.2 Å². The summed E-state index contributed by atoms with van der Waals surface area (Å²) in [4.78, 5) is 33.6. The topological polar surface area (TPSA) is 112 Å². The summed E-state index contributed by atoms with van der Waals surface area (Å²) < 4.78 is 39.0. The van der Waals surface area contributed by atoms with E-state index in [0.717, 1.165) is 24.3 Å². The van der Waals surface area contributed by atoms with Gasteiger partial charge >= 0.3 is 6.18 Å². The van der Waals surface area contributed by atoms with E-state index in [2.05, 4.69) is 5.32 Å². The minimum atomic E-state index is -4.55. The van der Waals surface area contributed by atoms with E-state index in [9.17, 15) is 38.0 Å². The van der Waals surface area contributed by atoms with Gasteiger partial charge in [0, 0.05) is 12.5 Å². The number of carboxylic acids is 1. The number of halogens is 3. The molecule has 0 spiro atoms. The molecular formula is C19H16F3N2O5-. The third-order valence-electron chi connectivity index (χ3n) is 4.25. The maximum absolute atomic E-state index is 13.0. The number of aryl methyl sites for hydroxylation is 1. The monoisotopic (exact) mass is 409 g/mol. The second kappa shape index (κ2) is 8.72. The van der Waals surface area contributed by atoms with Crippen molar-refractivity contribution >= 4 is 17.6 Å². The molecule has 0 aromatic heterocycles. The zero-order chi connectivity index (χ0) is 21.8. The summed E-state index contributed by atoms with van der Waals surface area (Å²) >= 11 is 0. The third kappa shape index (κ3) is 5.53. The summed E-state index contributed by atoms with van der Waals surface area (Å²) in [6.07, 6.45) is -5.02. The van der Waals surface area contributed by atoms with Crippen LogP contribution in [0.1, 0.15) is 46.4 Å². The van der Waals surface area contributed by atoms with Gasteiger partial charge in [0.1, 0.15) is 0 Å². The van der Waals surface area contributed by atoms with Crippen LogP contribution < -0.4 is 10.4 Å². The van der Waals surface area contributed by atoms with Crippen molar-refractivity contribution < 1.29 is 32.8 Å². The van der Waals surface area contributed by atoms with Crippen molar-refractivity contribution in [2.45, 2.75) is 32.0 Å². The lowest BCUT2D eigenvalue weighted by molar-refractivity contribution is -0.385. The molecule has 0 saturated carbocycles. The molecule has 0 aliphatic carbocycles. The van der Waals surface area contributed by atoms with Crippen LogP contribution in [0.4, 0.5) is 18.9 Å². The summed E-state index contributed by atoms with van der Waals surface area (Å²) in [5, 5.41) is 24.6. The number of rotatable bonds is 7. The van der Waals surface area contributed by atoms with Crippen LogP contribution in [0.25, 0.3) is 0 Å². The van der Waals surface area contributed by atoms with E-state index >= 15 is 0 Å². The van der Waals surface area contributed by atoms with Crippen LogP contribution in [-0.4, -0.2) is 16.8 Å². The zero-order valence-corrected chi connectivity index (χ0v) is 15.2. The van der Waals surface area contributed by atoms with Gasteiger partial charge in [0.15, 0.2) is 0 Å². The Morgan fingerprint density at radius 1 is 1.17 bits per heavy atom. The first-order valence-corrected chi connectivity index (χ1v) is 8.45. The number of hydrogen-bond acceptors (Lipinski definition) is 5. The first-order chi connectivity index (χ1) is 13.5. The van der Waals surface area contributed by atoms with Crippen LogP contribution in [0.2, 0.25) is 0 Å². The molecule has 154 valence electrons. The Bertz CT molecular complexity index is 944. The molecule has 0 radical (unpaired) electrons. The number of amides is 1. The number of nitro groups is 1. The van der Waals surface area contributed by atoms with Crippen LogP contribution in [0, 0.1) is 10.1 Å². The van der Waals surface area contributed by atoms with Crippen molar-refractivity contribution in [2.75, 3.05) is 0 Å². The Kier molecular flexibility index (Phi) is 6.57. The second-order valence-electron chi connectivity index (χ2n) is 6.26. The molecule has 2 rings (SSSR count). The molecule has 1 N–H and O–H groups in total. The molecule has 0 aliphatic rings. The molecule has 0 saturated heterocycles. The van der Waals surface area contributed by atoms with E-state index in [1.54, 1.807) is 0 Å². The van der Waals surface area contributed by atoms with Gasteiger partial charge in [-0.3, -0.25) is 14.9 Å². The van der Waals surface area contributed by atoms with E-state index in [0.29, 0.717) is 0 Å². The van der Waals surface area contributed by atoms with Crippen LogP contribution in [0.3, 0.4) is 0 Å². The Morgan fingerprint density at radius 3 is 2.41 bits per heavy atom. The van der Waals surface area contributed by atoms with E-state index in [1.165, 1.54) is 25.1 Å². The van der Waals surface area contributed by atoms with Gasteiger partial charge in [-0.25, -0.2) is 0 Å². The number of nitrogens with one attached hydrogen (secondary N) is 1. The number of hydrogen-bond donors (Lipinski definition) is 1. The standard InChI is InChI=1S/C19H17F3N2O5/c1-11(14-10-13(18(26)27)6-8-16(14)24(28)29)23-17(25)9-7-12-4-2-3-5-15(12)19(20,21)22/h2-6,8,10-11H,7,9H2,1H3,(H,23,25)(H,26,27)/p-1. The molecular weight excluding hydrogens is 393 g/mol. The number of carboxylic acid groups (broad SMARTS) is 1. The molecule has 2 aromatic carbocycles. The highest BCUT2D eigenvalue weighted by molar-refractivity contribution is 5.86. The molecule has 1 unspecified atom stereocenters. The zero-order valence-electron chi connectivity index (χ0n) is 15.2. The number of alkyl halides is 3. The molecule has 2 aromatic rings. The molecule has 10 heteroatoms. The predicted molar refractivity (Wildman–Crippen MR) is 93.7 cm³/mol. The SMILES string of the molecule is CC(NC(=O)CCc1ccccc1C(F)(F)F)c1cc(C(=O)[O-])ccc1[N+](=O)[O-]. The lowest BCUT2D eigenvalue weighted by atomic mass is 10.0. The Morgan fingerprint density at radius 2 is 1.83 bits per heavy atom. The van der Waals surface area contributed by atoms with Crippen molar-refractivity contribution in [3.63, 3.8) is 0 Å². The molecule has 0 heterocycles. The number of carbonyl (C=O) groups is 2. The smallest absolute Gasteiger partial charge is 0.416 e. The molecule has 0 bridgehead atoms. The third-order valence-corrected chi connectivity index (χ3v) is 4.25. The lowest BCUT2D eigenvalue weighted by Crippen LogP contribution is -2.28. The average Bonchev–Trinajstić information content (AvgIpc) is 2.65. The fraction of sp³-hybridized carbons (Fsp3) is 0.263. The number of carbonyl (C=O) groups excluding carboxylic acids is 2. The summed E-state index contributed by atoms with van der Waals surface area (Å²) in [5.41, 5.74) is -1.64. The largest absolute Gasteiger partial charge is 0.545 e. The first-order valence-electron chi connectivity index (χ1n) is 8.45. The van der Waals surface area contributed by atoms with Crippen molar-refractivity contribution in [3.8, 4) is 0 Å². The van der Waals surface area contributed by atoms with E-state index < -0.39 is 40.3 Å². The molecule has 1 atom stereocenters.